The Morgan fingerprint density at radius 3 is 1.91 bits per heavy atom. The summed E-state index contributed by atoms with van der Waals surface area (Å²) in [4.78, 5) is 33.5. The first-order valence-corrected chi connectivity index (χ1v) is 16.9. The molecule has 2 fully saturated rings. The van der Waals surface area contributed by atoms with E-state index in [1.807, 2.05) is 0 Å². The van der Waals surface area contributed by atoms with Crippen molar-refractivity contribution in [1.82, 2.24) is 60.1 Å². The minimum absolute atomic E-state index is 0.103. The van der Waals surface area contributed by atoms with Crippen molar-refractivity contribution in [3.05, 3.63) is 47.3 Å². The number of aromatic amines is 1. The summed E-state index contributed by atoms with van der Waals surface area (Å²) in [5.41, 5.74) is 15.4. The molecule has 7 N–H and O–H groups in total. The Morgan fingerprint density at radius 2 is 1.36 bits per heavy atom. The average Bonchev–Trinajstić information content (AvgIpc) is 3.98. The third-order valence-electron chi connectivity index (χ3n) is 9.03. The van der Waals surface area contributed by atoms with Crippen molar-refractivity contribution in [3.63, 3.8) is 0 Å². The van der Waals surface area contributed by atoms with E-state index in [1.165, 1.54) is 47.0 Å². The molecule has 0 saturated carbocycles. The second-order valence-corrected chi connectivity index (χ2v) is 12.3. The fourth-order valence-corrected chi connectivity index (χ4v) is 6.26. The summed E-state index contributed by atoms with van der Waals surface area (Å²) in [6.45, 7) is 1.58. The van der Waals surface area contributed by atoms with Crippen LogP contribution in [-0.2, 0) is 16.5 Å². The molecule has 22 heteroatoms. The highest BCUT2D eigenvalue weighted by Gasteiger charge is 2.29. The largest absolute Gasteiger partial charge is 0.465 e. The molecule has 0 aliphatic carbocycles. The van der Waals surface area contributed by atoms with E-state index < -0.39 is 11.9 Å². The molecular formula is C31H38N18O4. The van der Waals surface area contributed by atoms with Gasteiger partial charge in [0, 0.05) is 13.1 Å². The van der Waals surface area contributed by atoms with Gasteiger partial charge in [0.1, 0.15) is 28.8 Å². The topological polar surface area (TPSA) is 286 Å². The van der Waals surface area contributed by atoms with Crippen LogP contribution >= 0.6 is 0 Å². The molecule has 2 aliphatic rings. The van der Waals surface area contributed by atoms with Crippen molar-refractivity contribution in [2.24, 2.45) is 27.5 Å². The van der Waals surface area contributed by atoms with E-state index >= 15 is 0 Å². The normalized spacial score (nSPS) is 17.9. The van der Waals surface area contributed by atoms with E-state index in [0.29, 0.717) is 34.4 Å². The SMILES string of the molecule is COC(=O)c1cn[nH]c1N=Nc1c(C2CCCCN2)nn(-c2cc(-n3nc(C4CCCCN4)c(N=Nc4c(C(=O)OC)cnn4C)c3N)ncn2)c1N. The van der Waals surface area contributed by atoms with Crippen LogP contribution in [0, 0.1) is 0 Å². The van der Waals surface area contributed by atoms with Gasteiger partial charge in [-0.05, 0) is 38.8 Å². The van der Waals surface area contributed by atoms with Crippen LogP contribution in [-0.4, -0.2) is 88.8 Å². The van der Waals surface area contributed by atoms with E-state index in [1.54, 1.807) is 13.1 Å². The van der Waals surface area contributed by atoms with Crippen LogP contribution < -0.4 is 22.1 Å². The number of anilines is 2. The van der Waals surface area contributed by atoms with Crippen LogP contribution in [0.4, 0.5) is 34.6 Å². The molecule has 7 heterocycles. The van der Waals surface area contributed by atoms with E-state index in [-0.39, 0.29) is 46.5 Å². The minimum atomic E-state index is -0.619. The van der Waals surface area contributed by atoms with Crippen molar-refractivity contribution >= 4 is 46.6 Å². The predicted octanol–water partition coefficient (Wildman–Crippen LogP) is 3.50. The lowest BCUT2D eigenvalue weighted by atomic mass is 10.0. The summed E-state index contributed by atoms with van der Waals surface area (Å²) in [5.74, 6) is -0.0248. The number of esters is 2. The molecule has 2 saturated heterocycles. The molecule has 0 radical (unpaired) electrons. The van der Waals surface area contributed by atoms with E-state index in [0.717, 1.165) is 51.6 Å². The van der Waals surface area contributed by atoms with E-state index in [4.69, 9.17) is 31.1 Å². The summed E-state index contributed by atoms with van der Waals surface area (Å²) < 4.78 is 14.0. The van der Waals surface area contributed by atoms with Crippen molar-refractivity contribution in [2.45, 2.75) is 50.6 Å². The Morgan fingerprint density at radius 1 is 0.792 bits per heavy atom. The number of rotatable bonds is 10. The Labute approximate surface area is 301 Å². The standard InChI is InChI=1S/C31H38N18O4/c1-47-29(17(14-39-47)31(51)53-3)44-41-25-23(19-9-5-7-11-35-19)46-49(27(25)33)21-12-20(36-15-37-21)48-26(32)24(22(45-48)18-8-4-6-10-34-18)40-43-28-16(13-38-42-28)30(50)52-2/h12-15,18-19,34-35H,4-11,32-33H2,1-3H3,(H,38,42). The number of ether oxygens (including phenoxy) is 2. The minimum Gasteiger partial charge on any atom is -0.465 e. The number of hydrogen-bond donors (Lipinski definition) is 5. The maximum atomic E-state index is 12.4. The lowest BCUT2D eigenvalue weighted by Crippen LogP contribution is -2.27. The van der Waals surface area contributed by atoms with Gasteiger partial charge in [0.2, 0.25) is 0 Å². The number of carbonyl (C=O) groups excluding carboxylic acids is 2. The number of hydrogen-bond acceptors (Lipinski definition) is 18. The van der Waals surface area contributed by atoms with Crippen LogP contribution in [0.15, 0.2) is 45.2 Å². The smallest absolute Gasteiger partial charge is 0.343 e. The van der Waals surface area contributed by atoms with Gasteiger partial charge in [-0.25, -0.2) is 24.2 Å². The van der Waals surface area contributed by atoms with Crippen LogP contribution in [0.2, 0.25) is 0 Å². The summed E-state index contributed by atoms with van der Waals surface area (Å²) in [7, 11) is 4.18. The zero-order valence-electron chi connectivity index (χ0n) is 29.2. The first kappa shape index (κ1) is 35.0. The molecule has 276 valence electrons. The number of H-pyrrole nitrogens is 1. The zero-order chi connectivity index (χ0) is 37.1. The number of methoxy groups -OCH3 is 2. The maximum Gasteiger partial charge on any atom is 0.343 e. The Balaban J connectivity index is 1.29. The quantitative estimate of drug-likeness (QED) is 0.102. The maximum absolute atomic E-state index is 12.4. The third kappa shape index (κ3) is 6.83. The second-order valence-electron chi connectivity index (χ2n) is 12.3. The lowest BCUT2D eigenvalue weighted by Gasteiger charge is -2.21. The van der Waals surface area contributed by atoms with Crippen LogP contribution in [0.1, 0.15) is 82.7 Å². The van der Waals surface area contributed by atoms with Gasteiger partial charge >= 0.3 is 11.9 Å². The first-order valence-electron chi connectivity index (χ1n) is 16.9. The Kier molecular flexibility index (Phi) is 9.94. The summed E-state index contributed by atoms with van der Waals surface area (Å²) in [6, 6.07) is 1.30. The van der Waals surface area contributed by atoms with Gasteiger partial charge in [-0.3, -0.25) is 5.10 Å². The summed E-state index contributed by atoms with van der Waals surface area (Å²) in [6.07, 6.45) is 9.61. The molecule has 0 spiro atoms. The van der Waals surface area contributed by atoms with Crippen molar-refractivity contribution < 1.29 is 19.1 Å². The fourth-order valence-electron chi connectivity index (χ4n) is 6.26. The van der Waals surface area contributed by atoms with Gasteiger partial charge in [0.05, 0.1) is 38.7 Å². The monoisotopic (exact) mass is 726 g/mol. The average molecular weight is 727 g/mol. The number of azo groups is 2. The van der Waals surface area contributed by atoms with Crippen molar-refractivity contribution in [2.75, 3.05) is 38.8 Å². The number of carbonyl (C=O) groups is 2. The van der Waals surface area contributed by atoms with Crippen molar-refractivity contribution in [3.8, 4) is 11.6 Å². The number of aromatic nitrogens is 10. The highest BCUT2D eigenvalue weighted by molar-refractivity contribution is 5.94. The van der Waals surface area contributed by atoms with Gasteiger partial charge in [0.25, 0.3) is 0 Å². The van der Waals surface area contributed by atoms with Gasteiger partial charge in [-0.15, -0.1) is 20.5 Å². The van der Waals surface area contributed by atoms with Gasteiger partial charge in [-0.1, -0.05) is 12.8 Å². The molecule has 22 nitrogen and oxygen atoms in total. The van der Waals surface area contributed by atoms with E-state index in [9.17, 15) is 9.59 Å². The van der Waals surface area contributed by atoms with Crippen LogP contribution in [0.3, 0.4) is 0 Å². The molecule has 2 atom stereocenters. The third-order valence-corrected chi connectivity index (χ3v) is 9.03. The highest BCUT2D eigenvalue weighted by Crippen LogP contribution is 2.39. The predicted molar refractivity (Wildman–Crippen MR) is 187 cm³/mol. The summed E-state index contributed by atoms with van der Waals surface area (Å²) in [5, 5.41) is 44.9. The molecule has 53 heavy (non-hydrogen) atoms. The number of aryl methyl sites for hydroxylation is 1. The lowest BCUT2D eigenvalue weighted by molar-refractivity contribution is 0.0592. The molecule has 5 aromatic heterocycles. The van der Waals surface area contributed by atoms with Gasteiger partial charge < -0.3 is 31.6 Å². The van der Waals surface area contributed by atoms with Gasteiger partial charge in [0.15, 0.2) is 46.3 Å². The zero-order valence-corrected chi connectivity index (χ0v) is 29.2. The van der Waals surface area contributed by atoms with Crippen molar-refractivity contribution in [1.29, 1.82) is 0 Å². The molecule has 0 aromatic carbocycles. The Bertz CT molecular complexity index is 2180. The first-order chi connectivity index (χ1) is 25.8. The number of nitrogens with one attached hydrogen (secondary N) is 3. The van der Waals surface area contributed by atoms with Gasteiger partial charge in [-0.2, -0.15) is 29.8 Å². The Hall–Kier alpha value is -6.42. The number of nitrogen functional groups attached to an aromatic ring is 2. The molecule has 0 amide bonds. The molecular weight excluding hydrogens is 688 g/mol. The molecule has 0 bridgehead atoms. The highest BCUT2D eigenvalue weighted by atomic mass is 16.5. The molecule has 7 rings (SSSR count). The number of nitrogens with zero attached hydrogens (tertiary/aromatic N) is 13. The molecule has 2 unspecified atom stereocenters. The molecule has 2 aliphatic heterocycles. The summed E-state index contributed by atoms with van der Waals surface area (Å²) >= 11 is 0. The van der Waals surface area contributed by atoms with Crippen LogP contribution in [0.25, 0.3) is 11.6 Å². The number of piperidine rings is 2. The second kappa shape index (κ2) is 15.1. The van der Waals surface area contributed by atoms with Crippen LogP contribution in [0.5, 0.6) is 0 Å². The molecule has 5 aromatic rings. The fraction of sp³-hybridized carbons (Fsp3) is 0.419. The van der Waals surface area contributed by atoms with E-state index in [2.05, 4.69) is 56.4 Å². The number of nitrogens with two attached hydrogens (primary N) is 2.